The Morgan fingerprint density at radius 2 is 2.19 bits per heavy atom. The molecule has 94 valence electrons. The van der Waals surface area contributed by atoms with Crippen molar-refractivity contribution in [3.63, 3.8) is 0 Å². The first kappa shape index (κ1) is 13.1. The summed E-state index contributed by atoms with van der Waals surface area (Å²) in [6.45, 7) is 1.18. The molecule has 4 nitrogen and oxygen atoms in total. The Labute approximate surface area is 91.2 Å². The van der Waals surface area contributed by atoms with E-state index in [1.54, 1.807) is 6.92 Å². The first-order chi connectivity index (χ1) is 7.27. The van der Waals surface area contributed by atoms with Gasteiger partial charge in [0.2, 0.25) is 0 Å². The molecule has 0 aromatic rings. The Hall–Kier alpha value is -0.980. The largest absolute Gasteiger partial charge is 0.465 e. The third kappa shape index (κ3) is 1.73. The number of hydrogen-bond acceptors (Lipinski definition) is 2. The van der Waals surface area contributed by atoms with Crippen LogP contribution in [0.15, 0.2) is 0 Å². The number of amides is 1. The average molecular weight is 240 g/mol. The minimum absolute atomic E-state index is 0.185. The Balaban J connectivity index is 3.05. The van der Waals surface area contributed by atoms with Gasteiger partial charge in [0.15, 0.2) is 5.66 Å². The van der Waals surface area contributed by atoms with Crippen molar-refractivity contribution in [2.24, 2.45) is 5.73 Å². The van der Waals surface area contributed by atoms with E-state index in [4.69, 9.17) is 10.8 Å². The molecule has 1 rings (SSSR count). The molecule has 0 radical (unpaired) electrons. The molecule has 1 aliphatic heterocycles. The van der Waals surface area contributed by atoms with Gasteiger partial charge in [0.1, 0.15) is 6.17 Å². The summed E-state index contributed by atoms with van der Waals surface area (Å²) in [5.41, 5.74) is 2.60. The van der Waals surface area contributed by atoms with Gasteiger partial charge >= 0.3 is 6.09 Å². The van der Waals surface area contributed by atoms with Crippen LogP contribution in [0.25, 0.3) is 0 Å². The highest BCUT2D eigenvalue weighted by molar-refractivity contribution is 5.67. The van der Waals surface area contributed by atoms with Gasteiger partial charge in [-0.05, 0) is 6.42 Å². The lowest BCUT2D eigenvalue weighted by Crippen LogP contribution is -2.68. The van der Waals surface area contributed by atoms with Crippen LogP contribution in [0.5, 0.6) is 0 Å². The highest BCUT2D eigenvalue weighted by Gasteiger charge is 2.65. The zero-order valence-corrected chi connectivity index (χ0v) is 8.92. The first-order valence-corrected chi connectivity index (χ1v) is 5.08. The van der Waals surface area contributed by atoms with E-state index in [1.807, 2.05) is 0 Å². The van der Waals surface area contributed by atoms with E-state index in [2.05, 4.69) is 0 Å². The first-order valence-electron chi connectivity index (χ1n) is 5.08. The van der Waals surface area contributed by atoms with Crippen molar-refractivity contribution < 1.29 is 23.1 Å². The van der Waals surface area contributed by atoms with Crippen molar-refractivity contribution in [2.75, 3.05) is 6.54 Å². The van der Waals surface area contributed by atoms with Crippen molar-refractivity contribution >= 4 is 6.09 Å². The standard InChI is InChI=1S/C9H15F3N2O2/c1-2-3-6(10)9(13)8(11,12)4-5-14(9)7(15)16/h6H,2-5,13H2,1H3,(H,15,16). The summed E-state index contributed by atoms with van der Waals surface area (Å²) in [7, 11) is 0. The number of carboxylic acid groups (broad SMARTS) is 1. The molecule has 0 aromatic carbocycles. The van der Waals surface area contributed by atoms with E-state index >= 15 is 0 Å². The lowest BCUT2D eigenvalue weighted by molar-refractivity contribution is -0.122. The zero-order chi connectivity index (χ0) is 12.6. The van der Waals surface area contributed by atoms with Gasteiger partial charge < -0.3 is 10.8 Å². The van der Waals surface area contributed by atoms with E-state index in [0.717, 1.165) is 0 Å². The summed E-state index contributed by atoms with van der Waals surface area (Å²) in [4.78, 5) is 11.1. The maximum absolute atomic E-state index is 13.7. The molecule has 0 spiro atoms. The third-order valence-electron chi connectivity index (χ3n) is 2.93. The lowest BCUT2D eigenvalue weighted by Gasteiger charge is -2.39. The van der Waals surface area contributed by atoms with Gasteiger partial charge in [-0.2, -0.15) is 0 Å². The van der Waals surface area contributed by atoms with Crippen LogP contribution in [0.4, 0.5) is 18.0 Å². The topological polar surface area (TPSA) is 66.6 Å². The number of carbonyl (C=O) groups is 1. The van der Waals surface area contributed by atoms with Crippen LogP contribution in [-0.2, 0) is 0 Å². The molecule has 1 saturated heterocycles. The molecular formula is C9H15F3N2O2. The monoisotopic (exact) mass is 240 g/mol. The van der Waals surface area contributed by atoms with Gasteiger partial charge in [0.25, 0.3) is 5.92 Å². The molecule has 16 heavy (non-hydrogen) atoms. The predicted octanol–water partition coefficient (Wildman–Crippen LogP) is 1.80. The normalized spacial score (nSPS) is 30.4. The minimum atomic E-state index is -3.53. The number of halogens is 3. The number of alkyl halides is 3. The molecule has 2 unspecified atom stereocenters. The number of hydrogen-bond donors (Lipinski definition) is 2. The Morgan fingerprint density at radius 1 is 1.62 bits per heavy atom. The number of rotatable bonds is 3. The van der Waals surface area contributed by atoms with Gasteiger partial charge in [-0.25, -0.2) is 18.0 Å². The molecule has 1 heterocycles. The molecule has 2 atom stereocenters. The Morgan fingerprint density at radius 3 is 2.62 bits per heavy atom. The van der Waals surface area contributed by atoms with Gasteiger partial charge in [-0.1, -0.05) is 13.3 Å². The molecule has 0 aromatic heterocycles. The molecule has 1 aliphatic rings. The predicted molar refractivity (Wildman–Crippen MR) is 51.0 cm³/mol. The third-order valence-corrected chi connectivity index (χ3v) is 2.93. The second-order valence-corrected chi connectivity index (χ2v) is 3.97. The van der Waals surface area contributed by atoms with Crippen LogP contribution in [-0.4, -0.2) is 40.4 Å². The molecule has 1 fully saturated rings. The second kappa shape index (κ2) is 4.12. The van der Waals surface area contributed by atoms with E-state index in [0.29, 0.717) is 11.3 Å². The quantitative estimate of drug-likeness (QED) is 0.790. The Kier molecular flexibility index (Phi) is 3.37. The van der Waals surface area contributed by atoms with E-state index < -0.39 is 36.8 Å². The van der Waals surface area contributed by atoms with Crippen molar-refractivity contribution in [2.45, 2.75) is 43.9 Å². The molecule has 0 saturated carbocycles. The summed E-state index contributed by atoms with van der Waals surface area (Å²) in [6.07, 6.45) is -4.27. The van der Waals surface area contributed by atoms with Crippen LogP contribution in [0.1, 0.15) is 26.2 Å². The van der Waals surface area contributed by atoms with Crippen molar-refractivity contribution in [3.8, 4) is 0 Å². The SMILES string of the molecule is CCCC(F)C1(N)N(C(=O)O)CCC1(F)F. The number of likely N-dealkylation sites (tertiary alicyclic amines) is 1. The Bertz CT molecular complexity index is 288. The number of nitrogens with zero attached hydrogens (tertiary/aromatic N) is 1. The highest BCUT2D eigenvalue weighted by atomic mass is 19.3. The molecule has 3 N–H and O–H groups in total. The van der Waals surface area contributed by atoms with Crippen LogP contribution in [0.3, 0.4) is 0 Å². The summed E-state index contributed by atoms with van der Waals surface area (Å²) in [6, 6.07) is 0. The van der Waals surface area contributed by atoms with Crippen LogP contribution in [0.2, 0.25) is 0 Å². The summed E-state index contributed by atoms with van der Waals surface area (Å²) >= 11 is 0. The van der Waals surface area contributed by atoms with Crippen LogP contribution in [0, 0.1) is 0 Å². The molecule has 0 bridgehead atoms. The summed E-state index contributed by atoms with van der Waals surface area (Å²) in [5.74, 6) is -3.53. The zero-order valence-electron chi connectivity index (χ0n) is 8.92. The maximum atomic E-state index is 13.7. The average Bonchev–Trinajstić information content (AvgIpc) is 2.40. The summed E-state index contributed by atoms with van der Waals surface area (Å²) in [5, 5.41) is 8.74. The lowest BCUT2D eigenvalue weighted by atomic mass is 9.95. The van der Waals surface area contributed by atoms with Crippen LogP contribution >= 0.6 is 0 Å². The minimum Gasteiger partial charge on any atom is -0.465 e. The fraction of sp³-hybridized carbons (Fsp3) is 0.889. The molecule has 0 aliphatic carbocycles. The highest BCUT2D eigenvalue weighted by Crippen LogP contribution is 2.43. The summed E-state index contributed by atoms with van der Waals surface area (Å²) < 4.78 is 40.7. The fourth-order valence-electron chi connectivity index (χ4n) is 1.96. The van der Waals surface area contributed by atoms with Crippen molar-refractivity contribution in [3.05, 3.63) is 0 Å². The van der Waals surface area contributed by atoms with Gasteiger partial charge in [0.05, 0.1) is 0 Å². The molecule has 7 heteroatoms. The van der Waals surface area contributed by atoms with E-state index in [9.17, 15) is 18.0 Å². The van der Waals surface area contributed by atoms with Crippen LogP contribution < -0.4 is 5.73 Å². The van der Waals surface area contributed by atoms with Gasteiger partial charge in [-0.3, -0.25) is 4.90 Å². The molecular weight excluding hydrogens is 225 g/mol. The molecule has 1 amide bonds. The maximum Gasteiger partial charge on any atom is 0.409 e. The van der Waals surface area contributed by atoms with Crippen molar-refractivity contribution in [1.82, 2.24) is 4.90 Å². The van der Waals surface area contributed by atoms with E-state index in [-0.39, 0.29) is 6.42 Å². The number of nitrogens with two attached hydrogens (primary N) is 1. The van der Waals surface area contributed by atoms with Crippen molar-refractivity contribution in [1.29, 1.82) is 0 Å². The van der Waals surface area contributed by atoms with Gasteiger partial charge in [-0.15, -0.1) is 0 Å². The smallest absolute Gasteiger partial charge is 0.409 e. The second-order valence-electron chi connectivity index (χ2n) is 3.97. The fourth-order valence-corrected chi connectivity index (χ4v) is 1.96. The van der Waals surface area contributed by atoms with E-state index in [1.165, 1.54) is 0 Å². The van der Waals surface area contributed by atoms with Gasteiger partial charge in [0, 0.05) is 13.0 Å².